The Kier molecular flexibility index (Phi) is 8.47. The molecule has 2 rings (SSSR count). The minimum absolute atomic E-state index is 0.0328. The molecule has 0 saturated carbocycles. The van der Waals surface area contributed by atoms with E-state index in [9.17, 15) is 4.79 Å². The largest absolute Gasteiger partial charge is 0.455 e. The summed E-state index contributed by atoms with van der Waals surface area (Å²) in [7, 11) is 0. The summed E-state index contributed by atoms with van der Waals surface area (Å²) in [5, 5.41) is 3.06. The second kappa shape index (κ2) is 11.1. The number of nitrogens with one attached hydrogen (secondary N) is 1. The van der Waals surface area contributed by atoms with E-state index in [2.05, 4.69) is 24.4 Å². The van der Waals surface area contributed by atoms with Crippen molar-refractivity contribution in [1.29, 1.82) is 0 Å². The van der Waals surface area contributed by atoms with Gasteiger partial charge in [0.05, 0.1) is 5.69 Å². The lowest BCUT2D eigenvalue weighted by atomic mass is 9.97. The molecule has 138 valence electrons. The summed E-state index contributed by atoms with van der Waals surface area (Å²) in [4.78, 5) is 12.7. The highest BCUT2D eigenvalue weighted by Gasteiger charge is 2.17. The van der Waals surface area contributed by atoms with Crippen LogP contribution in [0.5, 0.6) is 11.5 Å². The summed E-state index contributed by atoms with van der Waals surface area (Å²) in [6.45, 7) is 4.11. The molecule has 1 amide bonds. The van der Waals surface area contributed by atoms with Crippen LogP contribution in [-0.4, -0.2) is 5.91 Å². The third kappa shape index (κ3) is 6.40. The maximum atomic E-state index is 12.7. The van der Waals surface area contributed by atoms with E-state index in [0.29, 0.717) is 11.4 Å². The van der Waals surface area contributed by atoms with Crippen LogP contribution >= 0.6 is 0 Å². The summed E-state index contributed by atoms with van der Waals surface area (Å²) in [5.74, 6) is 1.52. The van der Waals surface area contributed by atoms with Gasteiger partial charge in [-0.1, -0.05) is 55.8 Å². The van der Waals surface area contributed by atoms with E-state index in [4.69, 9.17) is 4.74 Å². The van der Waals surface area contributed by atoms with E-state index in [1.54, 1.807) is 0 Å². The van der Waals surface area contributed by atoms with Crippen molar-refractivity contribution in [2.75, 3.05) is 5.32 Å². The molecule has 0 aliphatic heterocycles. The molecule has 3 heteroatoms. The molecular weight excluding hydrogens is 322 g/mol. The van der Waals surface area contributed by atoms with Crippen LogP contribution < -0.4 is 10.1 Å². The Balaban J connectivity index is 1.96. The van der Waals surface area contributed by atoms with Crippen LogP contribution in [0, 0.1) is 5.92 Å². The third-order valence-electron chi connectivity index (χ3n) is 4.39. The molecule has 0 heterocycles. The molecule has 0 radical (unpaired) electrons. The van der Waals surface area contributed by atoms with Crippen molar-refractivity contribution in [3.63, 3.8) is 0 Å². The average Bonchev–Trinajstić information content (AvgIpc) is 2.67. The first-order chi connectivity index (χ1) is 12.7. The molecule has 0 aliphatic rings. The fourth-order valence-corrected chi connectivity index (χ4v) is 2.85. The van der Waals surface area contributed by atoms with E-state index in [1.807, 2.05) is 61.5 Å². The van der Waals surface area contributed by atoms with Gasteiger partial charge in [0, 0.05) is 5.92 Å². The molecule has 1 atom stereocenters. The molecular formula is C23H29NO2. The lowest BCUT2D eigenvalue weighted by Crippen LogP contribution is -2.22. The Bertz CT molecular complexity index is 694. The Morgan fingerprint density at radius 1 is 1.08 bits per heavy atom. The van der Waals surface area contributed by atoms with E-state index < -0.39 is 0 Å². The highest BCUT2D eigenvalue weighted by atomic mass is 16.5. The van der Waals surface area contributed by atoms with Gasteiger partial charge < -0.3 is 10.1 Å². The van der Waals surface area contributed by atoms with Crippen molar-refractivity contribution >= 4 is 11.6 Å². The second-order valence-electron chi connectivity index (χ2n) is 6.36. The lowest BCUT2D eigenvalue weighted by molar-refractivity contribution is -0.120. The summed E-state index contributed by atoms with van der Waals surface area (Å²) in [6.07, 6.45) is 9.30. The Morgan fingerprint density at radius 3 is 2.54 bits per heavy atom. The normalized spacial score (nSPS) is 12.1. The SMILES string of the molecule is CC=CCCCCC(CC)C(=O)Nc1ccccc1Oc1ccccc1. The maximum Gasteiger partial charge on any atom is 0.227 e. The van der Waals surface area contributed by atoms with Crippen molar-refractivity contribution in [3.8, 4) is 11.5 Å². The number of carbonyl (C=O) groups excluding carboxylic acids is 1. The van der Waals surface area contributed by atoms with Crippen molar-refractivity contribution in [1.82, 2.24) is 0 Å². The number of ether oxygens (including phenoxy) is 1. The molecule has 0 aliphatic carbocycles. The van der Waals surface area contributed by atoms with Crippen molar-refractivity contribution in [3.05, 3.63) is 66.7 Å². The molecule has 0 fully saturated rings. The molecule has 1 unspecified atom stereocenters. The van der Waals surface area contributed by atoms with Crippen LogP contribution in [0.1, 0.15) is 46.0 Å². The van der Waals surface area contributed by atoms with E-state index >= 15 is 0 Å². The van der Waals surface area contributed by atoms with E-state index in [1.165, 1.54) is 0 Å². The van der Waals surface area contributed by atoms with Crippen LogP contribution in [0.3, 0.4) is 0 Å². The van der Waals surface area contributed by atoms with Gasteiger partial charge >= 0.3 is 0 Å². The summed E-state index contributed by atoms with van der Waals surface area (Å²) in [6, 6.07) is 17.2. The van der Waals surface area contributed by atoms with Gasteiger partial charge in [-0.3, -0.25) is 4.79 Å². The third-order valence-corrected chi connectivity index (χ3v) is 4.39. The summed E-state index contributed by atoms with van der Waals surface area (Å²) < 4.78 is 5.93. The van der Waals surface area contributed by atoms with Gasteiger partial charge in [0.15, 0.2) is 5.75 Å². The number of rotatable bonds is 10. The first-order valence-corrected chi connectivity index (χ1v) is 9.48. The van der Waals surface area contributed by atoms with Gasteiger partial charge in [0.2, 0.25) is 5.91 Å². The molecule has 26 heavy (non-hydrogen) atoms. The summed E-state index contributed by atoms with van der Waals surface area (Å²) in [5.41, 5.74) is 0.716. The maximum absolute atomic E-state index is 12.7. The number of anilines is 1. The van der Waals surface area contributed by atoms with Crippen LogP contribution in [0.25, 0.3) is 0 Å². The highest BCUT2D eigenvalue weighted by molar-refractivity contribution is 5.93. The van der Waals surface area contributed by atoms with Crippen LogP contribution in [-0.2, 0) is 4.79 Å². The molecule has 0 bridgehead atoms. The van der Waals surface area contributed by atoms with Gasteiger partial charge in [-0.2, -0.15) is 0 Å². The van der Waals surface area contributed by atoms with E-state index in [-0.39, 0.29) is 11.8 Å². The first kappa shape index (κ1) is 19.8. The zero-order valence-corrected chi connectivity index (χ0v) is 15.8. The Hall–Kier alpha value is -2.55. The van der Waals surface area contributed by atoms with Crippen LogP contribution in [0.4, 0.5) is 5.69 Å². The fourth-order valence-electron chi connectivity index (χ4n) is 2.85. The predicted molar refractivity (Wildman–Crippen MR) is 109 cm³/mol. The summed E-state index contributed by atoms with van der Waals surface area (Å²) >= 11 is 0. The van der Waals surface area contributed by atoms with Crippen LogP contribution in [0.15, 0.2) is 66.7 Å². The Morgan fingerprint density at radius 2 is 1.81 bits per heavy atom. The number of hydrogen-bond acceptors (Lipinski definition) is 2. The van der Waals surface area contributed by atoms with Gasteiger partial charge in [0.1, 0.15) is 5.75 Å². The predicted octanol–water partition coefficient (Wildman–Crippen LogP) is 6.58. The number of allylic oxidation sites excluding steroid dienone is 2. The van der Waals surface area contributed by atoms with Gasteiger partial charge in [-0.15, -0.1) is 0 Å². The van der Waals surface area contributed by atoms with E-state index in [0.717, 1.165) is 37.9 Å². The second-order valence-corrected chi connectivity index (χ2v) is 6.36. The van der Waals surface area contributed by atoms with Crippen LogP contribution in [0.2, 0.25) is 0 Å². The lowest BCUT2D eigenvalue weighted by Gasteiger charge is -2.17. The molecule has 0 spiro atoms. The quantitative estimate of drug-likeness (QED) is 0.388. The molecule has 1 N–H and O–H groups in total. The molecule has 2 aromatic rings. The van der Waals surface area contributed by atoms with Crippen molar-refractivity contribution < 1.29 is 9.53 Å². The molecule has 0 saturated heterocycles. The number of amides is 1. The number of hydrogen-bond donors (Lipinski definition) is 1. The topological polar surface area (TPSA) is 38.3 Å². The van der Waals surface area contributed by atoms with Gasteiger partial charge in [-0.25, -0.2) is 0 Å². The highest BCUT2D eigenvalue weighted by Crippen LogP contribution is 2.30. The smallest absolute Gasteiger partial charge is 0.227 e. The minimum atomic E-state index is 0.0328. The minimum Gasteiger partial charge on any atom is -0.455 e. The number of para-hydroxylation sites is 3. The fraction of sp³-hybridized carbons (Fsp3) is 0.348. The zero-order chi connectivity index (χ0) is 18.6. The molecule has 3 nitrogen and oxygen atoms in total. The zero-order valence-electron chi connectivity index (χ0n) is 15.8. The van der Waals surface area contributed by atoms with Gasteiger partial charge in [0.25, 0.3) is 0 Å². The number of carbonyl (C=O) groups is 1. The first-order valence-electron chi connectivity index (χ1n) is 9.48. The van der Waals surface area contributed by atoms with Gasteiger partial charge in [-0.05, 0) is 56.9 Å². The van der Waals surface area contributed by atoms with Crippen molar-refractivity contribution in [2.24, 2.45) is 5.92 Å². The average molecular weight is 351 g/mol. The Labute approximate surface area is 157 Å². The molecule has 0 aromatic heterocycles. The monoisotopic (exact) mass is 351 g/mol. The number of benzene rings is 2. The standard InChI is InChI=1S/C23H29NO2/c1-3-5-6-7-9-14-19(4-2)23(25)24-21-17-12-13-18-22(21)26-20-15-10-8-11-16-20/h3,5,8,10-13,15-19H,4,6-7,9,14H2,1-2H3,(H,24,25). The van der Waals surface area contributed by atoms with Crippen molar-refractivity contribution in [2.45, 2.75) is 46.0 Å². The number of unbranched alkanes of at least 4 members (excludes halogenated alkanes) is 2. The molecule has 2 aromatic carbocycles.